The Kier molecular flexibility index (Phi) is 8.37. The number of halogens is 4. The number of hydrogen-bond donors (Lipinski definition) is 0. The molecule has 0 aliphatic heterocycles. The number of rotatable bonds is 7. The number of aromatic nitrogens is 2. The summed E-state index contributed by atoms with van der Waals surface area (Å²) in [4.78, 5) is 18.2. The Morgan fingerprint density at radius 3 is 2.44 bits per heavy atom. The summed E-state index contributed by atoms with van der Waals surface area (Å²) in [7, 11) is 1.55. The molecule has 0 amide bonds. The molecule has 0 unspecified atom stereocenters. The molecule has 0 saturated carbocycles. The molecule has 0 N–H and O–H groups in total. The predicted molar refractivity (Wildman–Crippen MR) is 164 cm³/mol. The van der Waals surface area contributed by atoms with E-state index in [0.717, 1.165) is 11.1 Å². The van der Waals surface area contributed by atoms with Crippen LogP contribution in [0.3, 0.4) is 0 Å². The first kappa shape index (κ1) is 27.4. The van der Waals surface area contributed by atoms with E-state index in [-0.39, 0.29) is 12.2 Å². The maximum atomic E-state index is 13.5. The van der Waals surface area contributed by atoms with Gasteiger partial charge in [0.1, 0.15) is 6.61 Å². The van der Waals surface area contributed by atoms with Gasteiger partial charge in [-0.1, -0.05) is 71.7 Å². The first-order valence-corrected chi connectivity index (χ1v) is 14.0. The third-order valence-corrected chi connectivity index (χ3v) is 8.72. The van der Waals surface area contributed by atoms with Crippen LogP contribution in [0, 0.1) is 0 Å². The van der Waals surface area contributed by atoms with E-state index in [9.17, 15) is 4.79 Å². The second-order valence-electron chi connectivity index (χ2n) is 8.34. The van der Waals surface area contributed by atoms with Gasteiger partial charge in [-0.15, -0.1) is 0 Å². The summed E-state index contributed by atoms with van der Waals surface area (Å²) >= 11 is 19.4. The molecular formula is C29H19Br2Cl2N3O3. The van der Waals surface area contributed by atoms with Crippen molar-refractivity contribution >= 4 is 72.2 Å². The molecule has 10 heteroatoms. The SMILES string of the molecule is COc1cc(C=Nn2c(-c3ccccc3)nc3ccccc3c2=O)c(Br)c(Br)c1OCc1ccc(Cl)c(Cl)c1. The van der Waals surface area contributed by atoms with Crippen molar-refractivity contribution in [3.05, 3.63) is 119 Å². The van der Waals surface area contributed by atoms with E-state index < -0.39 is 0 Å². The van der Waals surface area contributed by atoms with Crippen LogP contribution in [0.15, 0.2) is 97.7 Å². The number of ether oxygens (including phenoxy) is 2. The van der Waals surface area contributed by atoms with Gasteiger partial charge in [0.25, 0.3) is 5.56 Å². The summed E-state index contributed by atoms with van der Waals surface area (Å²) in [6.07, 6.45) is 1.57. The van der Waals surface area contributed by atoms with Crippen LogP contribution in [0.4, 0.5) is 0 Å². The van der Waals surface area contributed by atoms with Crippen molar-refractivity contribution in [2.75, 3.05) is 7.11 Å². The first-order chi connectivity index (χ1) is 18.9. The summed E-state index contributed by atoms with van der Waals surface area (Å²) in [5, 5.41) is 5.96. The lowest BCUT2D eigenvalue weighted by Gasteiger charge is -2.16. The molecule has 5 rings (SSSR count). The van der Waals surface area contributed by atoms with Crippen LogP contribution in [-0.4, -0.2) is 23.0 Å². The average Bonchev–Trinajstić information content (AvgIpc) is 2.96. The highest BCUT2D eigenvalue weighted by molar-refractivity contribution is 9.13. The monoisotopic (exact) mass is 685 g/mol. The van der Waals surface area contributed by atoms with Gasteiger partial charge in [-0.25, -0.2) is 4.98 Å². The summed E-state index contributed by atoms with van der Waals surface area (Å²) in [6, 6.07) is 23.7. The number of nitrogens with zero attached hydrogens (tertiary/aromatic N) is 3. The number of para-hydroxylation sites is 1. The molecule has 196 valence electrons. The second-order valence-corrected chi connectivity index (χ2v) is 10.7. The molecule has 39 heavy (non-hydrogen) atoms. The minimum atomic E-state index is -0.278. The van der Waals surface area contributed by atoms with Gasteiger partial charge in [0, 0.05) is 15.6 Å². The quantitative estimate of drug-likeness (QED) is 0.161. The van der Waals surface area contributed by atoms with Crippen LogP contribution in [0.5, 0.6) is 11.5 Å². The van der Waals surface area contributed by atoms with Gasteiger partial charge in [0.2, 0.25) is 0 Å². The summed E-state index contributed by atoms with van der Waals surface area (Å²) < 4.78 is 14.3. The number of fused-ring (bicyclic) bond motifs is 1. The molecule has 0 spiro atoms. The fourth-order valence-corrected chi connectivity index (χ4v) is 5.15. The minimum absolute atomic E-state index is 0.240. The topological polar surface area (TPSA) is 65.7 Å². The summed E-state index contributed by atoms with van der Waals surface area (Å²) in [5.41, 5.74) is 2.58. The Bertz CT molecular complexity index is 1780. The van der Waals surface area contributed by atoms with E-state index in [4.69, 9.17) is 37.7 Å². The third kappa shape index (κ3) is 5.75. The van der Waals surface area contributed by atoms with Crippen molar-refractivity contribution < 1.29 is 9.47 Å². The molecule has 0 aliphatic carbocycles. The van der Waals surface area contributed by atoms with Gasteiger partial charge in [-0.05, 0) is 67.8 Å². The lowest BCUT2D eigenvalue weighted by Crippen LogP contribution is -2.20. The zero-order valence-electron chi connectivity index (χ0n) is 20.4. The van der Waals surface area contributed by atoms with E-state index in [2.05, 4.69) is 37.0 Å². The van der Waals surface area contributed by atoms with Crippen LogP contribution in [-0.2, 0) is 6.61 Å². The fraction of sp³-hybridized carbons (Fsp3) is 0.0690. The molecule has 1 heterocycles. The predicted octanol–water partition coefficient (Wildman–Crippen LogP) is 8.37. The molecule has 0 bridgehead atoms. The number of methoxy groups -OCH3 is 1. The maximum absolute atomic E-state index is 13.5. The smallest absolute Gasteiger partial charge is 0.282 e. The highest BCUT2D eigenvalue weighted by atomic mass is 79.9. The van der Waals surface area contributed by atoms with E-state index >= 15 is 0 Å². The number of hydrogen-bond acceptors (Lipinski definition) is 5. The standard InChI is InChI=1S/C29H19Br2Cl2N3O3/c1-38-24-14-19(25(30)26(31)27(24)39-16-17-11-12-21(32)22(33)13-17)15-34-36-28(18-7-3-2-4-8-18)35-23-10-6-5-9-20(23)29(36)37/h2-15H,16H2,1H3. The largest absolute Gasteiger partial charge is 0.493 e. The fourth-order valence-electron chi connectivity index (χ4n) is 3.89. The van der Waals surface area contributed by atoms with Crippen LogP contribution in [0.1, 0.15) is 11.1 Å². The lowest BCUT2D eigenvalue weighted by atomic mass is 10.2. The van der Waals surface area contributed by atoms with Crippen molar-refractivity contribution in [2.24, 2.45) is 5.10 Å². The van der Waals surface area contributed by atoms with Crippen LogP contribution >= 0.6 is 55.1 Å². The summed E-state index contributed by atoms with van der Waals surface area (Å²) in [6.45, 7) is 0.240. The highest BCUT2D eigenvalue weighted by Gasteiger charge is 2.18. The molecule has 4 aromatic carbocycles. The third-order valence-electron chi connectivity index (χ3n) is 5.84. The van der Waals surface area contributed by atoms with Gasteiger partial charge in [-0.3, -0.25) is 4.79 Å². The Balaban J connectivity index is 1.54. The first-order valence-electron chi connectivity index (χ1n) is 11.6. The Morgan fingerprint density at radius 2 is 1.69 bits per heavy atom. The number of benzene rings is 4. The minimum Gasteiger partial charge on any atom is -0.493 e. The Labute approximate surface area is 251 Å². The maximum Gasteiger partial charge on any atom is 0.282 e. The van der Waals surface area contributed by atoms with Gasteiger partial charge < -0.3 is 9.47 Å². The van der Waals surface area contributed by atoms with Gasteiger partial charge >= 0.3 is 0 Å². The molecule has 5 aromatic rings. The lowest BCUT2D eigenvalue weighted by molar-refractivity contribution is 0.282. The average molecular weight is 688 g/mol. The van der Waals surface area contributed by atoms with Gasteiger partial charge in [-0.2, -0.15) is 9.78 Å². The molecular weight excluding hydrogens is 669 g/mol. The zero-order valence-corrected chi connectivity index (χ0v) is 25.1. The van der Waals surface area contributed by atoms with Crippen molar-refractivity contribution in [1.82, 2.24) is 9.66 Å². The van der Waals surface area contributed by atoms with Crippen molar-refractivity contribution in [2.45, 2.75) is 6.61 Å². The normalized spacial score (nSPS) is 11.3. The van der Waals surface area contributed by atoms with Crippen LogP contribution in [0.2, 0.25) is 10.0 Å². The zero-order chi connectivity index (χ0) is 27.5. The molecule has 1 aromatic heterocycles. The highest BCUT2D eigenvalue weighted by Crippen LogP contribution is 2.42. The molecule has 0 atom stereocenters. The molecule has 0 saturated heterocycles. The molecule has 6 nitrogen and oxygen atoms in total. The van der Waals surface area contributed by atoms with Crippen molar-refractivity contribution in [1.29, 1.82) is 0 Å². The summed E-state index contributed by atoms with van der Waals surface area (Å²) in [5.74, 6) is 1.39. The Morgan fingerprint density at radius 1 is 0.949 bits per heavy atom. The Hall–Kier alpha value is -3.17. The van der Waals surface area contributed by atoms with Gasteiger partial charge in [0.05, 0.1) is 38.7 Å². The molecule has 0 radical (unpaired) electrons. The van der Waals surface area contributed by atoms with E-state index in [1.807, 2.05) is 48.5 Å². The van der Waals surface area contributed by atoms with Gasteiger partial charge in [0.15, 0.2) is 17.3 Å². The van der Waals surface area contributed by atoms with E-state index in [0.29, 0.717) is 52.8 Å². The van der Waals surface area contributed by atoms with Crippen molar-refractivity contribution in [3.63, 3.8) is 0 Å². The molecule has 0 fully saturated rings. The second kappa shape index (κ2) is 11.9. The van der Waals surface area contributed by atoms with Crippen LogP contribution < -0.4 is 15.0 Å². The molecule has 0 aliphatic rings. The van der Waals surface area contributed by atoms with Crippen molar-refractivity contribution in [3.8, 4) is 22.9 Å². The van der Waals surface area contributed by atoms with Crippen LogP contribution in [0.25, 0.3) is 22.3 Å². The van der Waals surface area contributed by atoms with E-state index in [1.54, 1.807) is 43.7 Å². The van der Waals surface area contributed by atoms with E-state index in [1.165, 1.54) is 4.68 Å².